The van der Waals surface area contributed by atoms with E-state index in [-0.39, 0.29) is 0 Å². The van der Waals surface area contributed by atoms with Crippen LogP contribution in [0.3, 0.4) is 0 Å². The Labute approximate surface area is 112 Å². The van der Waals surface area contributed by atoms with Gasteiger partial charge in [0.2, 0.25) is 0 Å². The molecule has 0 spiro atoms. The van der Waals surface area contributed by atoms with E-state index in [1.165, 1.54) is 32.1 Å². The summed E-state index contributed by atoms with van der Waals surface area (Å²) < 4.78 is 0.375. The van der Waals surface area contributed by atoms with Crippen LogP contribution >= 0.6 is 23.4 Å². The number of aromatic nitrogens is 2. The Morgan fingerprint density at radius 1 is 1.29 bits per heavy atom. The van der Waals surface area contributed by atoms with Gasteiger partial charge in [0.1, 0.15) is 5.82 Å². The van der Waals surface area contributed by atoms with Gasteiger partial charge < -0.3 is 5.32 Å². The Morgan fingerprint density at radius 3 is 2.65 bits per heavy atom. The molecule has 0 unspecified atom stereocenters. The molecule has 1 aliphatic rings. The van der Waals surface area contributed by atoms with E-state index in [4.69, 9.17) is 11.6 Å². The lowest BCUT2D eigenvalue weighted by molar-refractivity contribution is 0.411. The molecular formula is C12H18ClN3S. The van der Waals surface area contributed by atoms with Gasteiger partial charge in [0, 0.05) is 11.3 Å². The molecule has 0 aliphatic heterocycles. The fourth-order valence-corrected chi connectivity index (χ4v) is 3.33. The summed E-state index contributed by atoms with van der Waals surface area (Å²) in [5, 5.41) is 11.7. The molecule has 1 N–H and O–H groups in total. The fraction of sp³-hybridized carbons (Fsp3) is 0.667. The predicted octanol–water partition coefficient (Wildman–Crippen LogP) is 3.61. The molecule has 1 aromatic heterocycles. The van der Waals surface area contributed by atoms with Crippen LogP contribution in [0.15, 0.2) is 12.1 Å². The molecule has 3 nitrogen and oxygen atoms in total. The lowest BCUT2D eigenvalue weighted by Crippen LogP contribution is -2.35. The summed E-state index contributed by atoms with van der Waals surface area (Å²) in [7, 11) is 0. The highest BCUT2D eigenvalue weighted by atomic mass is 35.5. The van der Waals surface area contributed by atoms with Crippen LogP contribution in [0.1, 0.15) is 32.1 Å². The third-order valence-corrected chi connectivity index (χ3v) is 5.04. The van der Waals surface area contributed by atoms with Gasteiger partial charge in [-0.3, -0.25) is 0 Å². The fourth-order valence-electron chi connectivity index (χ4n) is 2.31. The first-order chi connectivity index (χ1) is 8.24. The van der Waals surface area contributed by atoms with Crippen molar-refractivity contribution in [2.45, 2.75) is 36.9 Å². The minimum Gasteiger partial charge on any atom is -0.367 e. The van der Waals surface area contributed by atoms with Gasteiger partial charge in [0.05, 0.1) is 0 Å². The highest BCUT2D eigenvalue weighted by molar-refractivity contribution is 8.00. The van der Waals surface area contributed by atoms with Crippen molar-refractivity contribution in [3.8, 4) is 0 Å². The second-order valence-electron chi connectivity index (χ2n) is 4.54. The summed E-state index contributed by atoms with van der Waals surface area (Å²) in [4.78, 5) is 0. The molecule has 1 fully saturated rings. The van der Waals surface area contributed by atoms with Crippen LogP contribution < -0.4 is 5.32 Å². The van der Waals surface area contributed by atoms with E-state index in [1.54, 1.807) is 6.07 Å². The van der Waals surface area contributed by atoms with Gasteiger partial charge in [-0.2, -0.15) is 11.8 Å². The molecule has 0 radical (unpaired) electrons. The number of nitrogens with one attached hydrogen (secondary N) is 1. The maximum Gasteiger partial charge on any atom is 0.151 e. The molecule has 0 atom stereocenters. The van der Waals surface area contributed by atoms with Crippen LogP contribution in [0.25, 0.3) is 0 Å². The zero-order chi connectivity index (χ0) is 12.1. The van der Waals surface area contributed by atoms with Gasteiger partial charge in [0.15, 0.2) is 5.15 Å². The number of nitrogens with zero attached hydrogens (tertiary/aromatic N) is 2. The van der Waals surface area contributed by atoms with Crippen LogP contribution in [0.5, 0.6) is 0 Å². The predicted molar refractivity (Wildman–Crippen MR) is 74.9 cm³/mol. The lowest BCUT2D eigenvalue weighted by Gasteiger charge is -2.35. The standard InChI is InChI=1S/C12H18ClN3S/c1-17-12(7-3-2-4-8-12)9-14-11-6-5-10(13)15-16-11/h5-6H,2-4,7-9H2,1H3,(H,14,16). The molecule has 1 saturated carbocycles. The smallest absolute Gasteiger partial charge is 0.151 e. The minimum absolute atomic E-state index is 0.375. The van der Waals surface area contributed by atoms with Gasteiger partial charge in [-0.25, -0.2) is 0 Å². The summed E-state index contributed by atoms with van der Waals surface area (Å²) in [6.45, 7) is 0.963. The topological polar surface area (TPSA) is 37.8 Å². The molecule has 1 aromatic rings. The van der Waals surface area contributed by atoms with Gasteiger partial charge in [-0.15, -0.1) is 10.2 Å². The van der Waals surface area contributed by atoms with E-state index >= 15 is 0 Å². The van der Waals surface area contributed by atoms with E-state index in [0.29, 0.717) is 9.90 Å². The first kappa shape index (κ1) is 13.0. The van der Waals surface area contributed by atoms with E-state index in [0.717, 1.165) is 12.4 Å². The zero-order valence-electron chi connectivity index (χ0n) is 10.1. The Kier molecular flexibility index (Phi) is 4.51. The largest absolute Gasteiger partial charge is 0.367 e. The van der Waals surface area contributed by atoms with Crippen LogP contribution in [-0.4, -0.2) is 27.7 Å². The molecule has 2 rings (SSSR count). The first-order valence-corrected chi connectivity index (χ1v) is 7.63. The first-order valence-electron chi connectivity index (χ1n) is 6.02. The van der Waals surface area contributed by atoms with Gasteiger partial charge in [-0.1, -0.05) is 30.9 Å². The van der Waals surface area contributed by atoms with Crippen LogP contribution in [-0.2, 0) is 0 Å². The summed E-state index contributed by atoms with van der Waals surface area (Å²) in [6.07, 6.45) is 8.86. The average Bonchev–Trinajstić information content (AvgIpc) is 2.39. The van der Waals surface area contributed by atoms with Crippen molar-refractivity contribution >= 4 is 29.2 Å². The molecule has 0 bridgehead atoms. The molecule has 0 aromatic carbocycles. The van der Waals surface area contributed by atoms with Crippen molar-refractivity contribution in [3.05, 3.63) is 17.3 Å². The Morgan fingerprint density at radius 2 is 2.06 bits per heavy atom. The SMILES string of the molecule is CSC1(CNc2ccc(Cl)nn2)CCCCC1. The second kappa shape index (κ2) is 5.91. The monoisotopic (exact) mass is 271 g/mol. The molecule has 1 aliphatic carbocycles. The summed E-state index contributed by atoms with van der Waals surface area (Å²) in [5.74, 6) is 0.813. The Hall–Kier alpha value is -0.480. The molecule has 0 amide bonds. The van der Waals surface area contributed by atoms with Crippen LogP contribution in [0.2, 0.25) is 5.15 Å². The molecule has 0 saturated heterocycles. The number of halogens is 1. The number of hydrogen-bond acceptors (Lipinski definition) is 4. The van der Waals surface area contributed by atoms with Crippen molar-refractivity contribution in [2.75, 3.05) is 18.1 Å². The number of rotatable bonds is 4. The van der Waals surface area contributed by atoms with E-state index in [9.17, 15) is 0 Å². The second-order valence-corrected chi connectivity index (χ2v) is 6.20. The summed E-state index contributed by atoms with van der Waals surface area (Å²) in [5.41, 5.74) is 0. The van der Waals surface area contributed by atoms with Crippen molar-refractivity contribution in [1.29, 1.82) is 0 Å². The van der Waals surface area contributed by atoms with Gasteiger partial charge >= 0.3 is 0 Å². The zero-order valence-corrected chi connectivity index (χ0v) is 11.7. The quantitative estimate of drug-likeness (QED) is 0.908. The average molecular weight is 272 g/mol. The highest BCUT2D eigenvalue weighted by Crippen LogP contribution is 2.38. The number of anilines is 1. The highest BCUT2D eigenvalue weighted by Gasteiger charge is 2.30. The van der Waals surface area contributed by atoms with Crippen LogP contribution in [0.4, 0.5) is 5.82 Å². The van der Waals surface area contributed by atoms with Crippen molar-refractivity contribution in [3.63, 3.8) is 0 Å². The maximum absolute atomic E-state index is 5.71. The summed E-state index contributed by atoms with van der Waals surface area (Å²) in [6, 6.07) is 3.65. The van der Waals surface area contributed by atoms with Crippen LogP contribution in [0, 0.1) is 0 Å². The Bertz CT molecular complexity index is 349. The van der Waals surface area contributed by atoms with Crippen molar-refractivity contribution in [1.82, 2.24) is 10.2 Å². The molecule has 94 valence electrons. The van der Waals surface area contributed by atoms with Gasteiger partial charge in [0.25, 0.3) is 0 Å². The lowest BCUT2D eigenvalue weighted by atomic mass is 9.88. The van der Waals surface area contributed by atoms with Crippen molar-refractivity contribution < 1.29 is 0 Å². The van der Waals surface area contributed by atoms with Gasteiger partial charge in [-0.05, 0) is 31.2 Å². The summed E-state index contributed by atoms with van der Waals surface area (Å²) >= 11 is 7.69. The van der Waals surface area contributed by atoms with E-state index in [2.05, 4.69) is 21.8 Å². The molecule has 17 heavy (non-hydrogen) atoms. The molecular weight excluding hydrogens is 254 g/mol. The third kappa shape index (κ3) is 3.49. The minimum atomic E-state index is 0.375. The Balaban J connectivity index is 1.93. The third-order valence-electron chi connectivity index (χ3n) is 3.42. The molecule has 5 heteroatoms. The molecule has 1 heterocycles. The normalized spacial score (nSPS) is 18.9. The van der Waals surface area contributed by atoms with Crippen molar-refractivity contribution in [2.24, 2.45) is 0 Å². The number of hydrogen-bond donors (Lipinski definition) is 1. The van der Waals surface area contributed by atoms with E-state index in [1.807, 2.05) is 17.8 Å². The van der Waals surface area contributed by atoms with E-state index < -0.39 is 0 Å². The maximum atomic E-state index is 5.71. The number of thioether (sulfide) groups is 1.